The van der Waals surface area contributed by atoms with E-state index in [1.165, 1.54) is 60.7 Å². The number of ether oxygens (including phenoxy) is 2. The average Bonchev–Trinajstić information content (AvgIpc) is 3.35. The second-order valence-electron chi connectivity index (χ2n) is 7.35. The second kappa shape index (κ2) is 11.0. The zero-order valence-electron chi connectivity index (χ0n) is 19.0. The first-order valence-corrected chi connectivity index (χ1v) is 10.9. The Kier molecular flexibility index (Phi) is 7.63. The fraction of sp³-hybridized carbons (Fsp3) is 0.0833. The molecule has 0 fully saturated rings. The molecule has 0 bridgehead atoms. The average molecular weight is 531 g/mol. The van der Waals surface area contributed by atoms with Gasteiger partial charge in [-0.05, 0) is 54.2 Å². The standard InChI is InChI=1S/C24H18F4N6O2S/c1-35-19-10-11-21(20(25)12-19)31-23(37)32-30-13-15-2-4-16(5-3-15)22-29-14-34(33-22)17-6-8-18(9-7-17)36-24(26,27)28/h2-14H,1H3,(H2,31,32,37)/b30-13+. The maximum atomic E-state index is 14.0. The van der Waals surface area contributed by atoms with E-state index in [1.54, 1.807) is 30.3 Å². The molecular weight excluding hydrogens is 512 g/mol. The third-order valence-corrected chi connectivity index (χ3v) is 4.99. The van der Waals surface area contributed by atoms with Crippen molar-refractivity contribution >= 4 is 29.2 Å². The Morgan fingerprint density at radius 2 is 1.73 bits per heavy atom. The maximum absolute atomic E-state index is 14.0. The van der Waals surface area contributed by atoms with Gasteiger partial charge in [0.2, 0.25) is 0 Å². The number of thiocarbonyl (C=S) groups is 1. The van der Waals surface area contributed by atoms with Gasteiger partial charge in [0, 0.05) is 11.6 Å². The van der Waals surface area contributed by atoms with E-state index in [-0.39, 0.29) is 16.5 Å². The number of aromatic nitrogens is 3. The molecule has 190 valence electrons. The van der Waals surface area contributed by atoms with Crippen LogP contribution in [0.3, 0.4) is 0 Å². The molecule has 2 N–H and O–H groups in total. The number of benzene rings is 3. The van der Waals surface area contributed by atoms with Crippen molar-refractivity contribution in [3.8, 4) is 28.6 Å². The molecule has 1 heterocycles. The van der Waals surface area contributed by atoms with Gasteiger partial charge >= 0.3 is 6.36 Å². The van der Waals surface area contributed by atoms with E-state index in [0.29, 0.717) is 22.8 Å². The molecule has 0 spiro atoms. The van der Waals surface area contributed by atoms with Crippen molar-refractivity contribution in [1.82, 2.24) is 20.2 Å². The number of methoxy groups -OCH3 is 1. The highest BCUT2D eigenvalue weighted by Gasteiger charge is 2.31. The molecular formula is C24H18F4N6O2S. The first-order valence-electron chi connectivity index (χ1n) is 10.5. The van der Waals surface area contributed by atoms with Crippen molar-refractivity contribution in [3.63, 3.8) is 0 Å². The van der Waals surface area contributed by atoms with Gasteiger partial charge in [0.25, 0.3) is 0 Å². The molecule has 1 aromatic heterocycles. The largest absolute Gasteiger partial charge is 0.573 e. The maximum Gasteiger partial charge on any atom is 0.573 e. The molecule has 0 aliphatic heterocycles. The van der Waals surface area contributed by atoms with Crippen LogP contribution in [0.1, 0.15) is 5.56 Å². The third kappa shape index (κ3) is 7.01. The Bertz CT molecular complexity index is 1410. The van der Waals surface area contributed by atoms with Crippen LogP contribution in [-0.4, -0.2) is 39.6 Å². The van der Waals surface area contributed by atoms with Crippen LogP contribution in [-0.2, 0) is 0 Å². The zero-order valence-corrected chi connectivity index (χ0v) is 19.8. The van der Waals surface area contributed by atoms with Gasteiger partial charge in [-0.25, -0.2) is 14.1 Å². The molecule has 0 saturated heterocycles. The minimum absolute atomic E-state index is 0.102. The van der Waals surface area contributed by atoms with E-state index < -0.39 is 12.2 Å². The van der Waals surface area contributed by atoms with Crippen LogP contribution in [0.5, 0.6) is 11.5 Å². The van der Waals surface area contributed by atoms with Crippen molar-refractivity contribution in [2.24, 2.45) is 5.10 Å². The lowest BCUT2D eigenvalue weighted by molar-refractivity contribution is -0.274. The molecule has 0 unspecified atom stereocenters. The Labute approximate surface area is 213 Å². The number of hydrogen-bond donors (Lipinski definition) is 2. The van der Waals surface area contributed by atoms with Crippen molar-refractivity contribution in [2.45, 2.75) is 6.36 Å². The summed E-state index contributed by atoms with van der Waals surface area (Å²) < 4.78 is 61.2. The summed E-state index contributed by atoms with van der Waals surface area (Å²) >= 11 is 5.12. The summed E-state index contributed by atoms with van der Waals surface area (Å²) in [7, 11) is 1.45. The topological polar surface area (TPSA) is 85.6 Å². The molecule has 0 saturated carbocycles. The Morgan fingerprint density at radius 3 is 2.38 bits per heavy atom. The minimum atomic E-state index is -4.76. The van der Waals surface area contributed by atoms with Crippen molar-refractivity contribution in [1.29, 1.82) is 0 Å². The van der Waals surface area contributed by atoms with Gasteiger partial charge in [-0.2, -0.15) is 5.10 Å². The highest BCUT2D eigenvalue weighted by atomic mass is 32.1. The van der Waals surface area contributed by atoms with Gasteiger partial charge in [0.1, 0.15) is 23.6 Å². The van der Waals surface area contributed by atoms with Crippen LogP contribution in [0.15, 0.2) is 78.2 Å². The van der Waals surface area contributed by atoms with E-state index >= 15 is 0 Å². The lowest BCUT2D eigenvalue weighted by atomic mass is 10.1. The van der Waals surface area contributed by atoms with Gasteiger partial charge in [0.05, 0.1) is 24.7 Å². The molecule has 0 aliphatic rings. The summed E-state index contributed by atoms with van der Waals surface area (Å²) in [6.07, 6.45) is -1.78. The van der Waals surface area contributed by atoms with Crippen molar-refractivity contribution in [3.05, 3.63) is 84.4 Å². The van der Waals surface area contributed by atoms with Gasteiger partial charge in [-0.15, -0.1) is 18.3 Å². The fourth-order valence-corrected chi connectivity index (χ4v) is 3.24. The minimum Gasteiger partial charge on any atom is -0.497 e. The summed E-state index contributed by atoms with van der Waals surface area (Å²) in [4.78, 5) is 4.25. The Balaban J connectivity index is 1.34. The number of nitrogens with one attached hydrogen (secondary N) is 2. The number of hydrazone groups is 1. The molecule has 4 aromatic rings. The summed E-state index contributed by atoms with van der Waals surface area (Å²) in [5, 5.41) is 11.2. The van der Waals surface area contributed by atoms with E-state index in [0.717, 1.165) is 5.56 Å². The Hall–Kier alpha value is -4.52. The number of rotatable bonds is 7. The van der Waals surface area contributed by atoms with Crippen LogP contribution in [0.25, 0.3) is 17.1 Å². The molecule has 8 nitrogen and oxygen atoms in total. The molecule has 3 aromatic carbocycles. The van der Waals surface area contributed by atoms with E-state index in [9.17, 15) is 17.6 Å². The van der Waals surface area contributed by atoms with Crippen molar-refractivity contribution in [2.75, 3.05) is 12.4 Å². The third-order valence-electron chi connectivity index (χ3n) is 4.80. The number of nitrogens with zero attached hydrogens (tertiary/aromatic N) is 4. The summed E-state index contributed by atoms with van der Waals surface area (Å²) in [6.45, 7) is 0. The molecule has 4 rings (SSSR count). The van der Waals surface area contributed by atoms with Gasteiger partial charge < -0.3 is 14.8 Å². The van der Waals surface area contributed by atoms with Crippen LogP contribution in [0.4, 0.5) is 23.2 Å². The second-order valence-corrected chi connectivity index (χ2v) is 7.75. The van der Waals surface area contributed by atoms with Crippen LogP contribution < -0.4 is 20.2 Å². The first kappa shape index (κ1) is 25.6. The van der Waals surface area contributed by atoms with Crippen molar-refractivity contribution < 1.29 is 27.0 Å². The molecule has 0 atom stereocenters. The smallest absolute Gasteiger partial charge is 0.497 e. The quantitative estimate of drug-likeness (QED) is 0.145. The highest BCUT2D eigenvalue weighted by molar-refractivity contribution is 7.80. The monoisotopic (exact) mass is 530 g/mol. The van der Waals surface area contributed by atoms with Gasteiger partial charge in [0.15, 0.2) is 10.9 Å². The van der Waals surface area contributed by atoms with E-state index in [4.69, 9.17) is 17.0 Å². The highest BCUT2D eigenvalue weighted by Crippen LogP contribution is 2.24. The molecule has 37 heavy (non-hydrogen) atoms. The number of anilines is 1. The first-order chi connectivity index (χ1) is 17.7. The molecule has 0 aliphatic carbocycles. The Morgan fingerprint density at radius 1 is 1.03 bits per heavy atom. The predicted molar refractivity (Wildman–Crippen MR) is 133 cm³/mol. The van der Waals surface area contributed by atoms with Gasteiger partial charge in [-0.1, -0.05) is 24.3 Å². The summed E-state index contributed by atoms with van der Waals surface area (Å²) in [6, 6.07) is 16.7. The summed E-state index contributed by atoms with van der Waals surface area (Å²) in [5.41, 5.74) is 4.76. The molecule has 0 amide bonds. The van der Waals surface area contributed by atoms with E-state index in [2.05, 4.69) is 30.7 Å². The lowest BCUT2D eigenvalue weighted by Crippen LogP contribution is -2.24. The van der Waals surface area contributed by atoms with Crippen LogP contribution in [0, 0.1) is 5.82 Å². The predicted octanol–water partition coefficient (Wildman–Crippen LogP) is 5.30. The summed E-state index contributed by atoms with van der Waals surface area (Å²) in [5.74, 6) is -0.0394. The number of hydrogen-bond acceptors (Lipinski definition) is 6. The van der Waals surface area contributed by atoms with Gasteiger partial charge in [-0.3, -0.25) is 5.43 Å². The number of halogens is 4. The molecule has 0 radical (unpaired) electrons. The van der Waals surface area contributed by atoms with Crippen LogP contribution >= 0.6 is 12.2 Å². The number of alkyl halides is 3. The molecule has 13 heteroatoms. The fourth-order valence-electron chi connectivity index (χ4n) is 3.08. The lowest BCUT2D eigenvalue weighted by Gasteiger charge is -2.09. The SMILES string of the molecule is COc1ccc(NC(=S)N/N=C/c2ccc(-c3ncn(-c4ccc(OC(F)(F)F)cc4)n3)cc2)c(F)c1. The van der Waals surface area contributed by atoms with Crippen LogP contribution in [0.2, 0.25) is 0 Å². The normalized spacial score (nSPS) is 11.4. The zero-order chi connectivity index (χ0) is 26.4. The van der Waals surface area contributed by atoms with E-state index in [1.807, 2.05) is 0 Å².